The minimum atomic E-state index is -0.119. The van der Waals surface area contributed by atoms with Crippen LogP contribution in [0, 0.1) is 0 Å². The van der Waals surface area contributed by atoms with E-state index >= 15 is 0 Å². The summed E-state index contributed by atoms with van der Waals surface area (Å²) in [6.45, 7) is 2.14. The van der Waals surface area contributed by atoms with Gasteiger partial charge in [0.2, 0.25) is 0 Å². The third kappa shape index (κ3) is 3.01. The lowest BCUT2D eigenvalue weighted by atomic mass is 9.96. The zero-order valence-electron chi connectivity index (χ0n) is 14.7. The number of halogens is 2. The number of hydrogen-bond acceptors (Lipinski definition) is 4. The molecule has 2 aliphatic heterocycles. The van der Waals surface area contributed by atoms with E-state index in [1.54, 1.807) is 13.2 Å². The highest BCUT2D eigenvalue weighted by molar-refractivity contribution is 6.35. The molecular weight excluding hydrogens is 371 g/mol. The van der Waals surface area contributed by atoms with Gasteiger partial charge in [-0.1, -0.05) is 36.5 Å². The van der Waals surface area contributed by atoms with Gasteiger partial charge in [0.25, 0.3) is 0 Å². The smallest absolute Gasteiger partial charge is 0.187 e. The largest absolute Gasteiger partial charge is 0.497 e. The summed E-state index contributed by atoms with van der Waals surface area (Å²) in [4.78, 5) is 0. The van der Waals surface area contributed by atoms with Gasteiger partial charge in [0.15, 0.2) is 6.23 Å². The molecule has 2 aromatic carbocycles. The monoisotopic (exact) mass is 390 g/mol. The van der Waals surface area contributed by atoms with Crippen molar-refractivity contribution in [2.45, 2.75) is 38.5 Å². The first-order chi connectivity index (χ1) is 12.6. The van der Waals surface area contributed by atoms with E-state index in [-0.39, 0.29) is 12.3 Å². The van der Waals surface area contributed by atoms with Gasteiger partial charge in [-0.15, -0.1) is 0 Å². The average Bonchev–Trinajstić information content (AvgIpc) is 3.09. The number of hydrogen-bond donors (Lipinski definition) is 0. The van der Waals surface area contributed by atoms with E-state index in [1.807, 2.05) is 30.3 Å². The van der Waals surface area contributed by atoms with Crippen LogP contribution in [0.25, 0.3) is 0 Å². The van der Waals surface area contributed by atoms with Gasteiger partial charge in [-0.05, 0) is 42.0 Å². The van der Waals surface area contributed by atoms with Crippen molar-refractivity contribution in [3.05, 3.63) is 57.6 Å². The fraction of sp³-hybridized carbons (Fsp3) is 0.350. The van der Waals surface area contributed by atoms with Crippen molar-refractivity contribution in [1.82, 2.24) is 5.01 Å². The van der Waals surface area contributed by atoms with E-state index in [0.717, 1.165) is 47.6 Å². The van der Waals surface area contributed by atoms with E-state index in [0.29, 0.717) is 10.0 Å². The van der Waals surface area contributed by atoms with Crippen LogP contribution < -0.4 is 9.47 Å². The van der Waals surface area contributed by atoms with Crippen LogP contribution in [-0.4, -0.2) is 24.1 Å². The van der Waals surface area contributed by atoms with Crippen molar-refractivity contribution in [2.75, 3.05) is 7.11 Å². The second-order valence-corrected chi connectivity index (χ2v) is 7.39. The Balaban J connectivity index is 1.72. The van der Waals surface area contributed by atoms with Gasteiger partial charge in [-0.3, -0.25) is 5.01 Å². The van der Waals surface area contributed by atoms with Gasteiger partial charge in [0, 0.05) is 23.4 Å². The van der Waals surface area contributed by atoms with Crippen molar-refractivity contribution in [3.63, 3.8) is 0 Å². The molecule has 26 heavy (non-hydrogen) atoms. The molecule has 0 saturated carbocycles. The van der Waals surface area contributed by atoms with Crippen LogP contribution in [0.3, 0.4) is 0 Å². The Labute approximate surface area is 163 Å². The third-order valence-electron chi connectivity index (χ3n) is 4.85. The second kappa shape index (κ2) is 7.01. The van der Waals surface area contributed by atoms with E-state index in [2.05, 4.69) is 11.9 Å². The lowest BCUT2D eigenvalue weighted by molar-refractivity contribution is -0.0222. The molecule has 136 valence electrons. The summed E-state index contributed by atoms with van der Waals surface area (Å²) >= 11 is 12.7. The molecule has 0 spiro atoms. The van der Waals surface area contributed by atoms with Gasteiger partial charge in [-0.2, -0.15) is 5.10 Å². The number of hydrazone groups is 1. The molecule has 0 N–H and O–H groups in total. The van der Waals surface area contributed by atoms with Gasteiger partial charge < -0.3 is 9.47 Å². The Morgan fingerprint density at radius 1 is 1.23 bits per heavy atom. The average molecular weight is 391 g/mol. The van der Waals surface area contributed by atoms with Crippen LogP contribution in [0.4, 0.5) is 0 Å². The maximum Gasteiger partial charge on any atom is 0.187 e. The van der Waals surface area contributed by atoms with Gasteiger partial charge in [0.05, 0.1) is 23.9 Å². The molecule has 2 aromatic rings. The molecule has 0 saturated heterocycles. The molecule has 4 nitrogen and oxygen atoms in total. The molecule has 6 heteroatoms. The van der Waals surface area contributed by atoms with Gasteiger partial charge >= 0.3 is 0 Å². The quantitative estimate of drug-likeness (QED) is 0.673. The molecule has 0 radical (unpaired) electrons. The minimum absolute atomic E-state index is 0.0867. The van der Waals surface area contributed by atoms with E-state index in [4.69, 9.17) is 37.8 Å². The molecule has 0 aliphatic carbocycles. The van der Waals surface area contributed by atoms with Gasteiger partial charge in [-0.25, -0.2) is 0 Å². The molecule has 2 atom stereocenters. The first-order valence-electron chi connectivity index (χ1n) is 8.76. The van der Waals surface area contributed by atoms with Crippen molar-refractivity contribution in [3.8, 4) is 11.5 Å². The van der Waals surface area contributed by atoms with Crippen LogP contribution in [0.2, 0.25) is 10.0 Å². The highest BCUT2D eigenvalue weighted by Gasteiger charge is 2.40. The fourth-order valence-electron chi connectivity index (χ4n) is 3.58. The zero-order chi connectivity index (χ0) is 18.3. The second-order valence-electron chi connectivity index (χ2n) is 6.54. The third-order valence-corrected chi connectivity index (χ3v) is 5.35. The normalized spacial score (nSPS) is 20.9. The number of methoxy groups -OCH3 is 1. The Kier molecular flexibility index (Phi) is 4.72. The lowest BCUT2D eigenvalue weighted by Crippen LogP contribution is -2.40. The molecule has 2 aliphatic rings. The summed E-state index contributed by atoms with van der Waals surface area (Å²) in [6.07, 6.45) is 2.56. The van der Waals surface area contributed by atoms with E-state index in [9.17, 15) is 0 Å². The fourth-order valence-corrected chi connectivity index (χ4v) is 4.14. The molecule has 0 unspecified atom stereocenters. The number of rotatable bonds is 4. The molecule has 2 heterocycles. The van der Waals surface area contributed by atoms with Crippen LogP contribution >= 0.6 is 23.2 Å². The maximum atomic E-state index is 6.41. The van der Waals surface area contributed by atoms with Crippen LogP contribution in [0.15, 0.2) is 41.5 Å². The summed E-state index contributed by atoms with van der Waals surface area (Å²) in [5.74, 6) is 1.57. The molecule has 0 aromatic heterocycles. The van der Waals surface area contributed by atoms with Crippen molar-refractivity contribution in [1.29, 1.82) is 0 Å². The number of fused-ring (bicyclic) bond motifs is 3. The standard InChI is InChI=1S/C20H20Cl2N2O2/c1-3-4-19-24-18(15-9-13(21)10-16(22)20(15)26-19)11-17(23-24)12-5-7-14(25-2)8-6-12/h5-10,18-19H,3-4,11H2,1-2H3/t18-,19-/m1/s1. The SMILES string of the molecule is CCC[C@H]1Oc2c(Cl)cc(Cl)cc2[C@H]2CC(c3ccc(OC)cc3)=NN21. The summed E-state index contributed by atoms with van der Waals surface area (Å²) in [7, 11) is 1.67. The van der Waals surface area contributed by atoms with E-state index < -0.39 is 0 Å². The predicted octanol–water partition coefficient (Wildman–Crippen LogP) is 5.67. The first-order valence-corrected chi connectivity index (χ1v) is 9.52. The van der Waals surface area contributed by atoms with Crippen LogP contribution in [0.1, 0.15) is 43.4 Å². The summed E-state index contributed by atoms with van der Waals surface area (Å²) < 4.78 is 11.4. The lowest BCUT2D eigenvalue weighted by Gasteiger charge is -2.38. The summed E-state index contributed by atoms with van der Waals surface area (Å²) in [5.41, 5.74) is 3.12. The Morgan fingerprint density at radius 2 is 2.00 bits per heavy atom. The number of ether oxygens (including phenoxy) is 2. The Bertz CT molecular complexity index is 852. The maximum absolute atomic E-state index is 6.41. The predicted molar refractivity (Wildman–Crippen MR) is 105 cm³/mol. The van der Waals surface area contributed by atoms with Crippen molar-refractivity contribution < 1.29 is 9.47 Å². The molecule has 4 rings (SSSR count). The summed E-state index contributed by atoms with van der Waals surface area (Å²) in [6, 6.07) is 11.8. The highest BCUT2D eigenvalue weighted by atomic mass is 35.5. The van der Waals surface area contributed by atoms with Crippen molar-refractivity contribution in [2.24, 2.45) is 5.10 Å². The minimum Gasteiger partial charge on any atom is -0.497 e. The highest BCUT2D eigenvalue weighted by Crippen LogP contribution is 2.47. The molecule has 0 fully saturated rings. The molecule has 0 bridgehead atoms. The van der Waals surface area contributed by atoms with Gasteiger partial charge in [0.1, 0.15) is 11.5 Å². The zero-order valence-corrected chi connectivity index (χ0v) is 16.2. The Morgan fingerprint density at radius 3 is 2.69 bits per heavy atom. The molecular formula is C20H20Cl2N2O2. The van der Waals surface area contributed by atoms with Crippen LogP contribution in [-0.2, 0) is 0 Å². The Hall–Kier alpha value is -1.91. The number of nitrogens with zero attached hydrogens (tertiary/aromatic N) is 2. The number of benzene rings is 2. The van der Waals surface area contributed by atoms with E-state index in [1.165, 1.54) is 0 Å². The van der Waals surface area contributed by atoms with Crippen molar-refractivity contribution >= 4 is 28.9 Å². The summed E-state index contributed by atoms with van der Waals surface area (Å²) in [5, 5.41) is 8.14. The topological polar surface area (TPSA) is 34.1 Å². The van der Waals surface area contributed by atoms with Crippen LogP contribution in [0.5, 0.6) is 11.5 Å². The molecule has 0 amide bonds. The first kappa shape index (κ1) is 17.5.